The maximum Gasteiger partial charge on any atom is 0.252 e. The number of benzene rings is 3. The van der Waals surface area contributed by atoms with Crippen LogP contribution >= 0.6 is 11.8 Å². The summed E-state index contributed by atoms with van der Waals surface area (Å²) in [6.45, 7) is 0.572. The summed E-state index contributed by atoms with van der Waals surface area (Å²) in [5, 5.41) is 15.1. The van der Waals surface area contributed by atoms with Crippen LogP contribution in [0.4, 0.5) is 0 Å². The molecule has 168 valence electrons. The predicted octanol–water partition coefficient (Wildman–Crippen LogP) is 5.16. The number of nitrogens with zero attached hydrogens (tertiary/aromatic N) is 1. The Morgan fingerprint density at radius 2 is 1.59 bits per heavy atom. The number of carbonyl (C=O) groups excluding carboxylic acids is 2. The van der Waals surface area contributed by atoms with E-state index < -0.39 is 0 Å². The summed E-state index contributed by atoms with van der Waals surface area (Å²) in [4.78, 5) is 27.0. The Labute approximate surface area is 201 Å². The Kier molecular flexibility index (Phi) is 7.43. The molecule has 0 aliphatic heterocycles. The first-order valence-corrected chi connectivity index (χ1v) is 11.4. The van der Waals surface area contributed by atoms with E-state index in [-0.39, 0.29) is 18.4 Å². The summed E-state index contributed by atoms with van der Waals surface area (Å²) in [7, 11) is 0. The third-order valence-corrected chi connectivity index (χ3v) is 6.16. The van der Waals surface area contributed by atoms with E-state index in [9.17, 15) is 14.9 Å². The van der Waals surface area contributed by atoms with Crippen molar-refractivity contribution < 1.29 is 14.0 Å². The Balaban J connectivity index is 1.41. The maximum absolute atomic E-state index is 13.0. The topological polar surface area (TPSA) is 95.1 Å². The number of rotatable bonds is 8. The van der Waals surface area contributed by atoms with Gasteiger partial charge in [-0.15, -0.1) is 0 Å². The first-order valence-electron chi connectivity index (χ1n) is 10.6. The highest BCUT2D eigenvalue weighted by Crippen LogP contribution is 2.32. The molecule has 0 aliphatic rings. The Hall–Kier alpha value is -4.28. The van der Waals surface area contributed by atoms with Gasteiger partial charge in [0.15, 0.2) is 0 Å². The van der Waals surface area contributed by atoms with Crippen LogP contribution in [-0.2, 0) is 13.1 Å². The lowest BCUT2D eigenvalue weighted by Crippen LogP contribution is -2.24. The molecule has 2 N–H and O–H groups in total. The lowest BCUT2D eigenvalue weighted by molar-refractivity contribution is 0.0942. The summed E-state index contributed by atoms with van der Waals surface area (Å²) in [5.74, 6) is 0.221. The smallest absolute Gasteiger partial charge is 0.252 e. The Bertz CT molecular complexity index is 1340. The average Bonchev–Trinajstić information content (AvgIpc) is 3.40. The van der Waals surface area contributed by atoms with E-state index in [2.05, 4.69) is 16.7 Å². The third-order valence-electron chi connectivity index (χ3n) is 5.00. The molecule has 2 amide bonds. The van der Waals surface area contributed by atoms with E-state index >= 15 is 0 Å². The molecule has 34 heavy (non-hydrogen) atoms. The summed E-state index contributed by atoms with van der Waals surface area (Å²) in [6, 6.07) is 27.4. The van der Waals surface area contributed by atoms with Crippen molar-refractivity contribution in [3.63, 3.8) is 0 Å². The molecule has 4 rings (SSSR count). The standard InChI is InChI=1S/C27H21N3O3S/c28-16-21-8-1-3-12-24(21)34-25-13-4-2-11-23(25)27(32)29-17-19-7-5-9-20(15-19)26(31)30-18-22-10-6-14-33-22/h1-15H,17-18H2,(H,29,32)(H,30,31). The van der Waals surface area contributed by atoms with E-state index in [4.69, 9.17) is 4.42 Å². The number of hydrogen-bond acceptors (Lipinski definition) is 5. The van der Waals surface area contributed by atoms with Crippen LogP contribution in [0, 0.1) is 11.3 Å². The highest BCUT2D eigenvalue weighted by Gasteiger charge is 2.14. The van der Waals surface area contributed by atoms with Crippen LogP contribution in [0.1, 0.15) is 37.6 Å². The van der Waals surface area contributed by atoms with Crippen LogP contribution in [-0.4, -0.2) is 11.8 Å². The quantitative estimate of drug-likeness (QED) is 0.373. The molecule has 0 aliphatic carbocycles. The third kappa shape index (κ3) is 5.74. The zero-order valence-electron chi connectivity index (χ0n) is 18.2. The number of nitriles is 1. The minimum Gasteiger partial charge on any atom is -0.467 e. The summed E-state index contributed by atoms with van der Waals surface area (Å²) in [5.41, 5.74) is 2.39. The van der Waals surface area contributed by atoms with E-state index in [0.717, 1.165) is 15.4 Å². The predicted molar refractivity (Wildman–Crippen MR) is 129 cm³/mol. The molecule has 0 bridgehead atoms. The molecule has 1 aromatic heterocycles. The zero-order valence-corrected chi connectivity index (χ0v) is 19.0. The van der Waals surface area contributed by atoms with Crippen LogP contribution in [0.3, 0.4) is 0 Å². The molecule has 4 aromatic rings. The van der Waals surface area contributed by atoms with Crippen LogP contribution in [0.5, 0.6) is 0 Å². The van der Waals surface area contributed by atoms with E-state index in [1.807, 2.05) is 36.4 Å². The van der Waals surface area contributed by atoms with E-state index in [1.54, 1.807) is 54.8 Å². The molecule has 0 saturated heterocycles. The zero-order chi connectivity index (χ0) is 23.8. The second kappa shape index (κ2) is 11.0. The van der Waals surface area contributed by atoms with Gasteiger partial charge >= 0.3 is 0 Å². The minimum absolute atomic E-state index is 0.220. The monoisotopic (exact) mass is 467 g/mol. The molecule has 0 unspecified atom stereocenters. The molecular formula is C27H21N3O3S. The molecule has 6 nitrogen and oxygen atoms in total. The highest BCUT2D eigenvalue weighted by molar-refractivity contribution is 7.99. The van der Waals surface area contributed by atoms with Crippen LogP contribution < -0.4 is 10.6 Å². The Morgan fingerprint density at radius 1 is 0.824 bits per heavy atom. The first kappa shape index (κ1) is 22.9. The fraction of sp³-hybridized carbons (Fsp3) is 0.0741. The minimum atomic E-state index is -0.231. The normalized spacial score (nSPS) is 10.3. The molecule has 7 heteroatoms. The SMILES string of the molecule is N#Cc1ccccc1Sc1ccccc1C(=O)NCc1cccc(C(=O)NCc2ccco2)c1. The molecule has 0 radical (unpaired) electrons. The second-order valence-corrected chi connectivity index (χ2v) is 8.44. The number of furan rings is 1. The molecule has 0 fully saturated rings. The number of nitrogens with one attached hydrogen (secondary N) is 2. The molecule has 0 spiro atoms. The van der Waals surface area contributed by atoms with Gasteiger partial charge in [-0.1, -0.05) is 48.2 Å². The molecule has 0 saturated carbocycles. The lowest BCUT2D eigenvalue weighted by Gasteiger charge is -2.11. The van der Waals surface area contributed by atoms with Crippen LogP contribution in [0.2, 0.25) is 0 Å². The Morgan fingerprint density at radius 3 is 2.38 bits per heavy atom. The largest absolute Gasteiger partial charge is 0.467 e. The van der Waals surface area contributed by atoms with Crippen molar-refractivity contribution in [1.29, 1.82) is 5.26 Å². The summed E-state index contributed by atoms with van der Waals surface area (Å²) < 4.78 is 5.23. The van der Waals surface area contributed by atoms with Crippen molar-refractivity contribution in [2.75, 3.05) is 0 Å². The van der Waals surface area contributed by atoms with E-state index in [1.165, 1.54) is 11.8 Å². The van der Waals surface area contributed by atoms with Crippen LogP contribution in [0.15, 0.2) is 105 Å². The molecular weight excluding hydrogens is 446 g/mol. The molecule has 1 heterocycles. The van der Waals surface area contributed by atoms with Gasteiger partial charge in [-0.25, -0.2) is 0 Å². The molecule has 0 atom stereocenters. The number of hydrogen-bond donors (Lipinski definition) is 2. The average molecular weight is 468 g/mol. The van der Waals surface area contributed by atoms with Gasteiger partial charge in [0.25, 0.3) is 11.8 Å². The van der Waals surface area contributed by atoms with Crippen LogP contribution in [0.25, 0.3) is 0 Å². The van der Waals surface area contributed by atoms with Gasteiger partial charge in [0, 0.05) is 21.9 Å². The van der Waals surface area contributed by atoms with Gasteiger partial charge in [-0.05, 0) is 54.1 Å². The van der Waals surface area contributed by atoms with Crippen molar-refractivity contribution >= 4 is 23.6 Å². The van der Waals surface area contributed by atoms with Gasteiger partial charge in [0.1, 0.15) is 11.8 Å². The van der Waals surface area contributed by atoms with E-state index in [0.29, 0.717) is 29.0 Å². The van der Waals surface area contributed by atoms with Crippen molar-refractivity contribution in [2.45, 2.75) is 22.9 Å². The fourth-order valence-corrected chi connectivity index (χ4v) is 4.32. The van der Waals surface area contributed by atoms with Gasteiger partial charge in [0.05, 0.1) is 23.9 Å². The summed E-state index contributed by atoms with van der Waals surface area (Å²) >= 11 is 1.38. The second-order valence-electron chi connectivity index (χ2n) is 7.35. The number of carbonyl (C=O) groups is 2. The summed E-state index contributed by atoms with van der Waals surface area (Å²) in [6.07, 6.45) is 1.56. The van der Waals surface area contributed by atoms with Crippen molar-refractivity contribution in [3.05, 3.63) is 119 Å². The lowest BCUT2D eigenvalue weighted by atomic mass is 10.1. The van der Waals surface area contributed by atoms with Crippen molar-refractivity contribution in [2.24, 2.45) is 0 Å². The van der Waals surface area contributed by atoms with Crippen molar-refractivity contribution in [3.8, 4) is 6.07 Å². The van der Waals surface area contributed by atoms with Gasteiger partial charge in [-0.3, -0.25) is 9.59 Å². The first-order chi connectivity index (χ1) is 16.6. The van der Waals surface area contributed by atoms with Crippen molar-refractivity contribution in [1.82, 2.24) is 10.6 Å². The van der Waals surface area contributed by atoms with Gasteiger partial charge in [-0.2, -0.15) is 5.26 Å². The van der Waals surface area contributed by atoms with Gasteiger partial charge < -0.3 is 15.1 Å². The fourth-order valence-electron chi connectivity index (χ4n) is 3.29. The maximum atomic E-state index is 13.0. The molecule has 3 aromatic carbocycles. The van der Waals surface area contributed by atoms with Gasteiger partial charge in [0.2, 0.25) is 0 Å². The highest BCUT2D eigenvalue weighted by atomic mass is 32.2. The number of amides is 2.